The summed E-state index contributed by atoms with van der Waals surface area (Å²) in [6, 6.07) is -0.478. The molecule has 0 aromatic carbocycles. The Morgan fingerprint density at radius 1 is 1.05 bits per heavy atom. The second-order valence-electron chi connectivity index (χ2n) is 3.07. The van der Waals surface area contributed by atoms with E-state index in [4.69, 9.17) is 0 Å². The van der Waals surface area contributed by atoms with Crippen LogP contribution in [0.25, 0.3) is 0 Å². The van der Waals surface area contributed by atoms with Gasteiger partial charge in [-0.05, 0) is 6.07 Å². The van der Waals surface area contributed by atoms with E-state index in [-0.39, 0.29) is 0 Å². The molecule has 0 radical (unpaired) electrons. The Balaban J connectivity index is 3.38. The highest BCUT2D eigenvalue weighted by molar-refractivity contribution is 5.33. The summed E-state index contributed by atoms with van der Waals surface area (Å²) in [5.41, 5.74) is -4.02. The first-order valence-electron chi connectivity index (χ1n) is 4.23. The highest BCUT2D eigenvalue weighted by Crippen LogP contribution is 2.38. The molecule has 0 amide bonds. The third-order valence-electron chi connectivity index (χ3n) is 1.72. The van der Waals surface area contributed by atoms with Crippen molar-refractivity contribution in [1.82, 2.24) is 4.98 Å². The Bertz CT molecular complexity index is 465. The van der Waals surface area contributed by atoms with Crippen LogP contribution in [0.3, 0.4) is 0 Å². The quantitative estimate of drug-likeness (QED) is 0.606. The van der Waals surface area contributed by atoms with E-state index in [0.29, 0.717) is 0 Å². The van der Waals surface area contributed by atoms with Gasteiger partial charge in [-0.1, -0.05) is 0 Å². The smallest absolute Gasteiger partial charge is 0.387 e. The molecule has 2 nitrogen and oxygen atoms in total. The van der Waals surface area contributed by atoms with Gasteiger partial charge >= 0.3 is 12.5 Å². The lowest BCUT2D eigenvalue weighted by molar-refractivity contribution is -0.276. The van der Waals surface area contributed by atoms with Crippen molar-refractivity contribution >= 4 is 0 Å². The molecular formula is C8H2F9NO. The molecule has 0 saturated carbocycles. The summed E-state index contributed by atoms with van der Waals surface area (Å²) in [5.74, 6) is -4.36. The van der Waals surface area contributed by atoms with Crippen LogP contribution in [-0.2, 0) is 6.18 Å². The lowest BCUT2D eigenvalue weighted by atomic mass is 10.2. The number of pyridine rings is 1. The third kappa shape index (κ3) is 3.89. The van der Waals surface area contributed by atoms with E-state index in [1.54, 1.807) is 0 Å². The molecule has 0 aliphatic rings. The van der Waals surface area contributed by atoms with Gasteiger partial charge < -0.3 is 4.74 Å². The topological polar surface area (TPSA) is 22.1 Å². The summed E-state index contributed by atoms with van der Waals surface area (Å²) in [6.45, 7) is 0. The summed E-state index contributed by atoms with van der Waals surface area (Å²) in [5, 5.41) is 0. The molecule has 0 bridgehead atoms. The Kier molecular flexibility index (Phi) is 3.87. The van der Waals surface area contributed by atoms with E-state index >= 15 is 0 Å². The summed E-state index contributed by atoms with van der Waals surface area (Å²) >= 11 is 0. The SMILES string of the molecule is Fc1nc(OC(F)(F)F)c(C(F)F)cc1C(F)(F)F. The largest absolute Gasteiger partial charge is 0.574 e. The monoisotopic (exact) mass is 299 g/mol. The summed E-state index contributed by atoms with van der Waals surface area (Å²) < 4.78 is 112. The number of hydrogen-bond donors (Lipinski definition) is 0. The predicted molar refractivity (Wildman–Crippen MR) is 40.8 cm³/mol. The molecule has 11 heteroatoms. The average molecular weight is 299 g/mol. The normalized spacial score (nSPS) is 12.9. The van der Waals surface area contributed by atoms with Crippen LogP contribution in [0.4, 0.5) is 39.5 Å². The van der Waals surface area contributed by atoms with Gasteiger partial charge in [-0.2, -0.15) is 22.5 Å². The van der Waals surface area contributed by atoms with Crippen molar-refractivity contribution in [3.63, 3.8) is 0 Å². The minimum atomic E-state index is -5.50. The van der Waals surface area contributed by atoms with Crippen LogP contribution in [0.5, 0.6) is 5.88 Å². The molecular weight excluding hydrogens is 297 g/mol. The van der Waals surface area contributed by atoms with Crippen LogP contribution in [0.15, 0.2) is 6.07 Å². The summed E-state index contributed by atoms with van der Waals surface area (Å²) in [7, 11) is 0. The maximum absolute atomic E-state index is 12.8. The lowest BCUT2D eigenvalue weighted by Crippen LogP contribution is -2.21. The van der Waals surface area contributed by atoms with Gasteiger partial charge in [-0.25, -0.2) is 8.78 Å². The minimum absolute atomic E-state index is 0.478. The fourth-order valence-corrected chi connectivity index (χ4v) is 1.04. The van der Waals surface area contributed by atoms with E-state index in [1.807, 2.05) is 0 Å². The molecule has 0 aliphatic carbocycles. The van der Waals surface area contributed by atoms with Gasteiger partial charge in [0.15, 0.2) is 0 Å². The number of alkyl halides is 8. The number of nitrogens with zero attached hydrogens (tertiary/aromatic N) is 1. The van der Waals surface area contributed by atoms with Crippen molar-refractivity contribution in [3.8, 4) is 5.88 Å². The van der Waals surface area contributed by atoms with Crippen molar-refractivity contribution in [2.75, 3.05) is 0 Å². The van der Waals surface area contributed by atoms with Gasteiger partial charge in [0.2, 0.25) is 11.8 Å². The molecule has 0 N–H and O–H groups in total. The van der Waals surface area contributed by atoms with E-state index in [9.17, 15) is 39.5 Å². The van der Waals surface area contributed by atoms with Crippen molar-refractivity contribution in [3.05, 3.63) is 23.1 Å². The molecule has 1 aromatic heterocycles. The van der Waals surface area contributed by atoms with Crippen LogP contribution in [0, 0.1) is 5.95 Å². The molecule has 0 aliphatic heterocycles. The molecule has 19 heavy (non-hydrogen) atoms. The van der Waals surface area contributed by atoms with Gasteiger partial charge in [0.25, 0.3) is 6.43 Å². The predicted octanol–water partition coefficient (Wildman–Crippen LogP) is 4.08. The first-order valence-corrected chi connectivity index (χ1v) is 4.23. The van der Waals surface area contributed by atoms with Gasteiger partial charge in [-0.15, -0.1) is 13.2 Å². The van der Waals surface area contributed by atoms with Gasteiger partial charge in [0.05, 0.1) is 5.56 Å². The highest BCUT2D eigenvalue weighted by Gasteiger charge is 2.40. The molecule has 108 valence electrons. The Morgan fingerprint density at radius 3 is 1.95 bits per heavy atom. The second-order valence-corrected chi connectivity index (χ2v) is 3.07. The van der Waals surface area contributed by atoms with Crippen LogP contribution in [-0.4, -0.2) is 11.3 Å². The molecule has 1 rings (SSSR count). The lowest BCUT2D eigenvalue weighted by Gasteiger charge is -2.14. The van der Waals surface area contributed by atoms with Crippen molar-refractivity contribution < 1.29 is 44.3 Å². The zero-order valence-corrected chi connectivity index (χ0v) is 8.41. The van der Waals surface area contributed by atoms with Gasteiger partial charge in [0.1, 0.15) is 5.56 Å². The zero-order valence-electron chi connectivity index (χ0n) is 8.41. The first kappa shape index (κ1) is 15.4. The van der Waals surface area contributed by atoms with Gasteiger partial charge in [-0.3, -0.25) is 0 Å². The number of hydrogen-bond acceptors (Lipinski definition) is 2. The maximum atomic E-state index is 12.8. The molecule has 0 fully saturated rings. The highest BCUT2D eigenvalue weighted by atomic mass is 19.4. The molecule has 0 atom stereocenters. The number of rotatable bonds is 2. The Morgan fingerprint density at radius 2 is 1.58 bits per heavy atom. The number of halogens is 9. The summed E-state index contributed by atoms with van der Waals surface area (Å²) in [4.78, 5) is 2.14. The fraction of sp³-hybridized carbons (Fsp3) is 0.375. The third-order valence-corrected chi connectivity index (χ3v) is 1.72. The van der Waals surface area contributed by atoms with E-state index in [0.717, 1.165) is 0 Å². The van der Waals surface area contributed by atoms with Crippen LogP contribution in [0.2, 0.25) is 0 Å². The fourth-order valence-electron chi connectivity index (χ4n) is 1.04. The Labute approximate surface area is 98.3 Å². The average Bonchev–Trinajstić information content (AvgIpc) is 2.11. The van der Waals surface area contributed by atoms with Crippen LogP contribution >= 0.6 is 0 Å². The first-order chi connectivity index (χ1) is 8.42. The van der Waals surface area contributed by atoms with Gasteiger partial charge in [0, 0.05) is 0 Å². The molecule has 1 aromatic rings. The maximum Gasteiger partial charge on any atom is 0.574 e. The molecule has 0 saturated heterocycles. The van der Waals surface area contributed by atoms with Crippen LogP contribution < -0.4 is 4.74 Å². The number of ether oxygens (including phenoxy) is 1. The molecule has 0 unspecified atom stereocenters. The van der Waals surface area contributed by atoms with E-state index < -0.39 is 48.0 Å². The van der Waals surface area contributed by atoms with Crippen molar-refractivity contribution in [2.45, 2.75) is 19.0 Å². The summed E-state index contributed by atoms with van der Waals surface area (Å²) in [6.07, 6.45) is -14.6. The standard InChI is InChI=1S/C8H2F9NO/c9-4(10)2-1-3(7(12,13)14)5(11)18-6(2)19-8(15,16)17/h1,4H. The minimum Gasteiger partial charge on any atom is -0.387 e. The van der Waals surface area contributed by atoms with Crippen LogP contribution in [0.1, 0.15) is 17.6 Å². The van der Waals surface area contributed by atoms with E-state index in [2.05, 4.69) is 9.72 Å². The molecule has 1 heterocycles. The number of aromatic nitrogens is 1. The zero-order chi connectivity index (χ0) is 15.0. The van der Waals surface area contributed by atoms with Crippen molar-refractivity contribution in [2.24, 2.45) is 0 Å². The molecule has 0 spiro atoms. The van der Waals surface area contributed by atoms with E-state index in [1.165, 1.54) is 0 Å². The Hall–Kier alpha value is -1.68. The van der Waals surface area contributed by atoms with Crippen molar-refractivity contribution in [1.29, 1.82) is 0 Å². The second kappa shape index (κ2) is 4.78.